The van der Waals surface area contributed by atoms with Gasteiger partial charge in [0.05, 0.1) is 0 Å². The maximum atomic E-state index is 8.55. The van der Waals surface area contributed by atoms with Gasteiger partial charge in [-0.05, 0) is 19.3 Å². The van der Waals surface area contributed by atoms with Crippen molar-refractivity contribution in [3.8, 4) is 0 Å². The lowest BCUT2D eigenvalue weighted by atomic mass is 10.1. The van der Waals surface area contributed by atoms with E-state index in [0.717, 1.165) is 12.8 Å². The number of rotatable bonds is 10. The molecule has 79 valence electrons. The highest BCUT2D eigenvalue weighted by atomic mass is 16.2. The molecular formula is C12H25O. The smallest absolute Gasteiger partial charge is 0.0431 e. The molecule has 0 saturated heterocycles. The molecule has 0 aliphatic rings. The van der Waals surface area contributed by atoms with Crippen molar-refractivity contribution < 1.29 is 5.11 Å². The molecule has 1 N–H and O–H groups in total. The third kappa shape index (κ3) is 12.0. The third-order valence-corrected chi connectivity index (χ3v) is 2.33. The molecule has 0 aromatic carbocycles. The number of hydrogen-bond acceptors (Lipinski definition) is 1. The first kappa shape index (κ1) is 13.0. The molecule has 0 unspecified atom stereocenters. The summed E-state index contributed by atoms with van der Waals surface area (Å²) in [6.45, 7) is 2.59. The summed E-state index contributed by atoms with van der Waals surface area (Å²) in [5.74, 6) is 0. The zero-order chi connectivity index (χ0) is 9.78. The normalized spacial score (nSPS) is 10.6. The van der Waals surface area contributed by atoms with Gasteiger partial charge in [-0.25, -0.2) is 0 Å². The molecule has 13 heavy (non-hydrogen) atoms. The van der Waals surface area contributed by atoms with Crippen LogP contribution in [0.25, 0.3) is 0 Å². The molecule has 0 spiro atoms. The van der Waals surface area contributed by atoms with E-state index < -0.39 is 0 Å². The van der Waals surface area contributed by atoms with Crippen molar-refractivity contribution >= 4 is 0 Å². The molecule has 0 rings (SSSR count). The zero-order valence-corrected chi connectivity index (χ0v) is 9.10. The Kier molecular flexibility index (Phi) is 11.9. The van der Waals surface area contributed by atoms with Crippen LogP contribution >= 0.6 is 0 Å². The van der Waals surface area contributed by atoms with Crippen molar-refractivity contribution in [2.75, 3.05) is 6.61 Å². The average Bonchev–Trinajstić information content (AvgIpc) is 2.16. The summed E-state index contributed by atoms with van der Waals surface area (Å²) in [7, 11) is 0. The SMILES string of the molecule is CCCCCCCC[CH]CCCO. The van der Waals surface area contributed by atoms with Gasteiger partial charge < -0.3 is 5.11 Å². The van der Waals surface area contributed by atoms with Gasteiger partial charge in [0.25, 0.3) is 0 Å². The molecule has 0 saturated carbocycles. The van der Waals surface area contributed by atoms with Crippen molar-refractivity contribution in [3.63, 3.8) is 0 Å². The Morgan fingerprint density at radius 3 is 2.15 bits per heavy atom. The Hall–Kier alpha value is -0.0400. The van der Waals surface area contributed by atoms with E-state index in [4.69, 9.17) is 5.11 Å². The highest BCUT2D eigenvalue weighted by Crippen LogP contribution is 2.09. The van der Waals surface area contributed by atoms with Crippen molar-refractivity contribution in [2.45, 2.75) is 64.7 Å². The standard InChI is InChI=1S/C12H25O/c1-2-3-4-5-6-7-8-9-10-11-12-13/h9,13H,2-8,10-12H2,1H3. The van der Waals surface area contributed by atoms with Crippen molar-refractivity contribution in [1.29, 1.82) is 0 Å². The Balaban J connectivity index is 2.76. The molecule has 0 aliphatic carbocycles. The minimum Gasteiger partial charge on any atom is -0.396 e. The molecule has 0 bridgehead atoms. The molecule has 1 radical (unpaired) electrons. The first-order chi connectivity index (χ1) is 6.41. The lowest BCUT2D eigenvalue weighted by molar-refractivity contribution is 0.287. The Morgan fingerprint density at radius 2 is 1.46 bits per heavy atom. The van der Waals surface area contributed by atoms with Crippen LogP contribution in [0.5, 0.6) is 0 Å². The van der Waals surface area contributed by atoms with Crippen LogP contribution in [-0.2, 0) is 0 Å². The summed E-state index contributed by atoms with van der Waals surface area (Å²) in [5.41, 5.74) is 0. The summed E-state index contributed by atoms with van der Waals surface area (Å²) >= 11 is 0. The Morgan fingerprint density at radius 1 is 0.846 bits per heavy atom. The van der Waals surface area contributed by atoms with Gasteiger partial charge in [0, 0.05) is 6.61 Å². The summed E-state index contributed by atoms with van der Waals surface area (Å²) < 4.78 is 0. The van der Waals surface area contributed by atoms with Crippen molar-refractivity contribution in [1.82, 2.24) is 0 Å². The highest BCUT2D eigenvalue weighted by molar-refractivity contribution is 4.63. The number of aliphatic hydroxyl groups excluding tert-OH is 1. The second-order valence-electron chi connectivity index (χ2n) is 3.71. The van der Waals surface area contributed by atoms with Gasteiger partial charge in [-0.1, -0.05) is 51.9 Å². The van der Waals surface area contributed by atoms with Crippen LogP contribution in [0.15, 0.2) is 0 Å². The number of unbranched alkanes of at least 4 members (excludes halogenated alkanes) is 9. The number of hydrogen-bond donors (Lipinski definition) is 1. The molecule has 1 nitrogen and oxygen atoms in total. The Labute approximate surface area is 83.5 Å². The predicted octanol–water partition coefficient (Wildman–Crippen LogP) is 3.71. The van der Waals surface area contributed by atoms with E-state index in [0.29, 0.717) is 6.61 Å². The second kappa shape index (κ2) is 12.0. The molecule has 0 aliphatic heterocycles. The summed E-state index contributed by atoms with van der Waals surface area (Å²) in [6, 6.07) is 0. The van der Waals surface area contributed by atoms with E-state index in [-0.39, 0.29) is 0 Å². The average molecular weight is 185 g/mol. The first-order valence-corrected chi connectivity index (χ1v) is 5.84. The maximum Gasteiger partial charge on any atom is 0.0431 e. The first-order valence-electron chi connectivity index (χ1n) is 5.84. The third-order valence-electron chi connectivity index (χ3n) is 2.33. The maximum absolute atomic E-state index is 8.55. The van der Waals surface area contributed by atoms with E-state index in [1.165, 1.54) is 44.9 Å². The van der Waals surface area contributed by atoms with Crippen LogP contribution in [0.1, 0.15) is 64.7 Å². The van der Waals surface area contributed by atoms with Crippen LogP contribution in [0.4, 0.5) is 0 Å². The summed E-state index contributed by atoms with van der Waals surface area (Å²) in [5, 5.41) is 8.55. The largest absolute Gasteiger partial charge is 0.396 e. The minimum absolute atomic E-state index is 0.340. The van der Waals surface area contributed by atoms with E-state index in [1.54, 1.807) is 0 Å². The fourth-order valence-corrected chi connectivity index (χ4v) is 1.45. The van der Waals surface area contributed by atoms with Crippen molar-refractivity contribution in [3.05, 3.63) is 6.42 Å². The van der Waals surface area contributed by atoms with Gasteiger partial charge >= 0.3 is 0 Å². The van der Waals surface area contributed by atoms with Gasteiger partial charge in [0.2, 0.25) is 0 Å². The molecule has 1 heteroatoms. The van der Waals surface area contributed by atoms with Gasteiger partial charge in [0.15, 0.2) is 0 Å². The molecule has 0 atom stereocenters. The lowest BCUT2D eigenvalue weighted by Crippen LogP contribution is -1.85. The van der Waals surface area contributed by atoms with Crippen LogP contribution in [0.2, 0.25) is 0 Å². The van der Waals surface area contributed by atoms with E-state index in [9.17, 15) is 0 Å². The van der Waals surface area contributed by atoms with E-state index >= 15 is 0 Å². The minimum atomic E-state index is 0.340. The van der Waals surface area contributed by atoms with Crippen LogP contribution in [0.3, 0.4) is 0 Å². The van der Waals surface area contributed by atoms with Gasteiger partial charge in [0.1, 0.15) is 0 Å². The predicted molar refractivity (Wildman–Crippen MR) is 58.6 cm³/mol. The van der Waals surface area contributed by atoms with Crippen LogP contribution in [-0.4, -0.2) is 11.7 Å². The van der Waals surface area contributed by atoms with Gasteiger partial charge in [-0.2, -0.15) is 0 Å². The lowest BCUT2D eigenvalue weighted by Gasteiger charge is -2.00. The van der Waals surface area contributed by atoms with Gasteiger partial charge in [-0.3, -0.25) is 0 Å². The van der Waals surface area contributed by atoms with Crippen LogP contribution < -0.4 is 0 Å². The van der Waals surface area contributed by atoms with Gasteiger partial charge in [-0.15, -0.1) is 0 Å². The fourth-order valence-electron chi connectivity index (χ4n) is 1.45. The Bertz CT molecular complexity index is 71.2. The molecule has 0 aromatic heterocycles. The quantitative estimate of drug-likeness (QED) is 0.514. The van der Waals surface area contributed by atoms with Crippen LogP contribution in [0, 0.1) is 6.42 Å². The molecule has 0 fully saturated rings. The summed E-state index contributed by atoms with van der Waals surface area (Å²) in [6.07, 6.45) is 13.9. The monoisotopic (exact) mass is 185 g/mol. The molecule has 0 aromatic rings. The zero-order valence-electron chi connectivity index (χ0n) is 9.10. The van der Waals surface area contributed by atoms with E-state index in [2.05, 4.69) is 13.3 Å². The van der Waals surface area contributed by atoms with E-state index in [1.807, 2.05) is 0 Å². The second-order valence-corrected chi connectivity index (χ2v) is 3.71. The molecule has 0 heterocycles. The number of aliphatic hydroxyl groups is 1. The molecule has 0 amide bonds. The summed E-state index contributed by atoms with van der Waals surface area (Å²) in [4.78, 5) is 0. The highest BCUT2D eigenvalue weighted by Gasteiger charge is 1.91. The topological polar surface area (TPSA) is 20.2 Å². The fraction of sp³-hybridized carbons (Fsp3) is 0.917. The molecular weight excluding hydrogens is 160 g/mol. The van der Waals surface area contributed by atoms with Crippen molar-refractivity contribution in [2.24, 2.45) is 0 Å².